The molecule has 4 rings (SSSR count). The van der Waals surface area contributed by atoms with Crippen LogP contribution in [0.1, 0.15) is 70.6 Å². The van der Waals surface area contributed by atoms with Gasteiger partial charge in [0, 0.05) is 24.7 Å². The van der Waals surface area contributed by atoms with Gasteiger partial charge in [-0.15, -0.1) is 0 Å². The number of cyclic esters (lactones) is 1. The number of imidazole rings is 1. The second kappa shape index (κ2) is 16.6. The van der Waals surface area contributed by atoms with E-state index in [2.05, 4.69) is 25.9 Å². The molecule has 1 saturated carbocycles. The molecule has 47 heavy (non-hydrogen) atoms. The Balaban J connectivity index is 1.55. The molecule has 2 aromatic rings. The fourth-order valence-corrected chi connectivity index (χ4v) is 6.01. The van der Waals surface area contributed by atoms with Crippen LogP contribution in [0.2, 0.25) is 0 Å². The number of amides is 4. The lowest BCUT2D eigenvalue weighted by atomic mass is 9.83. The summed E-state index contributed by atoms with van der Waals surface area (Å²) in [5.41, 5.74) is 0.600. The second-order valence-electron chi connectivity index (χ2n) is 13.2. The van der Waals surface area contributed by atoms with Crippen molar-refractivity contribution in [2.45, 2.75) is 108 Å². The van der Waals surface area contributed by atoms with E-state index in [1.165, 1.54) is 13.4 Å². The molecule has 2 heterocycles. The maximum Gasteiger partial charge on any atom is 0.434 e. The molecule has 0 spiro atoms. The molecule has 1 aliphatic heterocycles. The fourth-order valence-electron chi connectivity index (χ4n) is 6.01. The lowest BCUT2D eigenvalue weighted by Gasteiger charge is -2.33. The number of aliphatic hydroxyl groups excluding tert-OH is 1. The topological polar surface area (TPSA) is 184 Å². The third-order valence-corrected chi connectivity index (χ3v) is 8.36. The van der Waals surface area contributed by atoms with Crippen LogP contribution in [0.25, 0.3) is 0 Å². The van der Waals surface area contributed by atoms with Crippen molar-refractivity contribution in [2.24, 2.45) is 5.92 Å². The van der Waals surface area contributed by atoms with Gasteiger partial charge in [-0.05, 0) is 38.7 Å². The Hall–Kier alpha value is -4.17. The van der Waals surface area contributed by atoms with E-state index >= 15 is 0 Å². The molecular weight excluding hydrogens is 608 g/mol. The largest absolute Gasteiger partial charge is 0.444 e. The Morgan fingerprint density at radius 2 is 1.72 bits per heavy atom. The Morgan fingerprint density at radius 1 is 1.04 bits per heavy atom. The molecule has 1 aliphatic carbocycles. The second-order valence-corrected chi connectivity index (χ2v) is 13.2. The van der Waals surface area contributed by atoms with Crippen molar-refractivity contribution >= 4 is 24.0 Å². The average molecular weight is 657 g/mol. The smallest absolute Gasteiger partial charge is 0.434 e. The van der Waals surface area contributed by atoms with Crippen LogP contribution < -0.4 is 16.0 Å². The minimum absolute atomic E-state index is 0.000648. The Morgan fingerprint density at radius 3 is 2.34 bits per heavy atom. The number of hydrogen-bond donors (Lipinski definition) is 5. The first-order valence-corrected chi connectivity index (χ1v) is 16.2. The van der Waals surface area contributed by atoms with Gasteiger partial charge in [0.2, 0.25) is 11.8 Å². The van der Waals surface area contributed by atoms with Gasteiger partial charge in [0.1, 0.15) is 23.8 Å². The molecule has 14 nitrogen and oxygen atoms in total. The summed E-state index contributed by atoms with van der Waals surface area (Å²) in [5, 5.41) is 20.9. The minimum Gasteiger partial charge on any atom is -0.444 e. The van der Waals surface area contributed by atoms with Crippen molar-refractivity contribution in [3.05, 3.63) is 54.1 Å². The van der Waals surface area contributed by atoms with Gasteiger partial charge < -0.3 is 35.5 Å². The number of nitrogens with zero attached hydrogens (tertiary/aromatic N) is 2. The van der Waals surface area contributed by atoms with E-state index < -0.39 is 59.9 Å². The van der Waals surface area contributed by atoms with Crippen molar-refractivity contribution in [2.75, 3.05) is 13.7 Å². The summed E-state index contributed by atoms with van der Waals surface area (Å²) >= 11 is 0. The third kappa shape index (κ3) is 11.0. The number of H-pyrrole nitrogens is 1. The SMILES string of the molecule is CON1C[C@H]([C@H](O)[C@H](CC2CCCCC2)NC(=O)[C@H](Cc2cnc[nH]2)NC(=O)[C@H](Cc2ccccc2)NC(=O)OC(C)(C)C)OC1=O. The van der Waals surface area contributed by atoms with Gasteiger partial charge in [-0.25, -0.2) is 14.6 Å². The molecule has 4 amide bonds. The predicted molar refractivity (Wildman–Crippen MR) is 171 cm³/mol. The van der Waals surface area contributed by atoms with Crippen LogP contribution in [0.15, 0.2) is 42.9 Å². The minimum atomic E-state index is -1.23. The molecule has 0 radical (unpaired) electrons. The van der Waals surface area contributed by atoms with Gasteiger partial charge in [0.15, 0.2) is 6.10 Å². The van der Waals surface area contributed by atoms with Gasteiger partial charge in [-0.2, -0.15) is 5.06 Å². The van der Waals surface area contributed by atoms with E-state index in [4.69, 9.17) is 14.3 Å². The molecular formula is C33H48N6O8. The summed E-state index contributed by atoms with van der Waals surface area (Å²) in [6.45, 7) is 5.17. The number of alkyl carbamates (subject to hydrolysis) is 1. The number of hydrogen-bond acceptors (Lipinski definition) is 9. The van der Waals surface area contributed by atoms with E-state index in [1.54, 1.807) is 27.0 Å². The fraction of sp³-hybridized carbons (Fsp3) is 0.606. The van der Waals surface area contributed by atoms with E-state index in [0.717, 1.165) is 42.7 Å². The molecule has 2 aliphatic rings. The summed E-state index contributed by atoms with van der Waals surface area (Å²) in [7, 11) is 1.34. The lowest BCUT2D eigenvalue weighted by molar-refractivity contribution is -0.131. The first kappa shape index (κ1) is 35.7. The number of aromatic nitrogens is 2. The highest BCUT2D eigenvalue weighted by atomic mass is 16.7. The first-order chi connectivity index (χ1) is 22.4. The van der Waals surface area contributed by atoms with Gasteiger partial charge in [-0.3, -0.25) is 14.4 Å². The summed E-state index contributed by atoms with van der Waals surface area (Å²) in [5.74, 6) is -0.881. The van der Waals surface area contributed by atoms with Gasteiger partial charge in [0.25, 0.3) is 0 Å². The highest BCUT2D eigenvalue weighted by Crippen LogP contribution is 2.29. The Kier molecular flexibility index (Phi) is 12.6. The highest BCUT2D eigenvalue weighted by molar-refractivity contribution is 5.91. The molecule has 0 bridgehead atoms. The normalized spacial score (nSPS) is 19.6. The molecule has 2 fully saturated rings. The standard InChI is InChI=1S/C33H48N6O8/c1-33(2,3)47-31(43)38-25(16-22-13-9-6-10-14-22)29(41)37-26(17-23-18-34-20-35-23)30(42)36-24(15-21-11-7-5-8-12-21)28(40)27-19-39(45-4)32(44)46-27/h6,9-10,13-14,18,20-21,24-28,40H,5,7-8,11-12,15-17,19H2,1-4H3,(H,34,35)(H,36,42)(H,37,41)(H,38,43)/t24-,25-,26-,27+,28+/m0/s1. The molecule has 258 valence electrons. The first-order valence-electron chi connectivity index (χ1n) is 16.2. The van der Waals surface area contributed by atoms with E-state index in [0.29, 0.717) is 12.1 Å². The monoisotopic (exact) mass is 656 g/mol. The number of nitrogens with one attached hydrogen (secondary N) is 4. The van der Waals surface area contributed by atoms with Crippen molar-refractivity contribution in [1.29, 1.82) is 0 Å². The Labute approximate surface area is 275 Å². The number of benzene rings is 1. The summed E-state index contributed by atoms with van der Waals surface area (Å²) in [4.78, 5) is 64.9. The highest BCUT2D eigenvalue weighted by Gasteiger charge is 2.42. The Bertz CT molecular complexity index is 1310. The van der Waals surface area contributed by atoms with Gasteiger partial charge in [-0.1, -0.05) is 62.4 Å². The number of rotatable bonds is 14. The summed E-state index contributed by atoms with van der Waals surface area (Å²) < 4.78 is 10.8. The van der Waals surface area contributed by atoms with Crippen LogP contribution in [0.3, 0.4) is 0 Å². The summed E-state index contributed by atoms with van der Waals surface area (Å²) in [6.07, 6.45) is 5.23. The van der Waals surface area contributed by atoms with Crippen LogP contribution in [0, 0.1) is 5.92 Å². The zero-order chi connectivity index (χ0) is 34.0. The molecule has 1 aromatic carbocycles. The maximum atomic E-state index is 14.0. The number of ether oxygens (including phenoxy) is 2. The molecule has 14 heteroatoms. The number of carbonyl (C=O) groups is 4. The van der Waals surface area contributed by atoms with Crippen LogP contribution in [0.4, 0.5) is 9.59 Å². The van der Waals surface area contributed by atoms with Crippen LogP contribution in [-0.2, 0) is 36.7 Å². The lowest BCUT2D eigenvalue weighted by Crippen LogP contribution is -2.58. The third-order valence-electron chi connectivity index (χ3n) is 8.36. The molecule has 1 aromatic heterocycles. The van der Waals surface area contributed by atoms with Gasteiger partial charge >= 0.3 is 12.2 Å². The predicted octanol–water partition coefficient (Wildman–Crippen LogP) is 2.77. The maximum absolute atomic E-state index is 14.0. The van der Waals surface area contributed by atoms with E-state index in [-0.39, 0.29) is 25.3 Å². The van der Waals surface area contributed by atoms with Crippen molar-refractivity contribution in [3.63, 3.8) is 0 Å². The molecule has 5 atom stereocenters. The number of carbonyl (C=O) groups excluding carboxylic acids is 4. The summed E-state index contributed by atoms with van der Waals surface area (Å²) in [6, 6.07) is 6.24. The van der Waals surface area contributed by atoms with Crippen molar-refractivity contribution in [3.8, 4) is 0 Å². The average Bonchev–Trinajstić information content (AvgIpc) is 3.69. The zero-order valence-corrected chi connectivity index (χ0v) is 27.6. The van der Waals surface area contributed by atoms with Crippen LogP contribution in [-0.4, -0.2) is 93.7 Å². The van der Waals surface area contributed by atoms with Crippen LogP contribution >= 0.6 is 0 Å². The molecule has 1 saturated heterocycles. The number of aromatic amines is 1. The number of hydroxylamine groups is 2. The van der Waals surface area contributed by atoms with Gasteiger partial charge in [0.05, 0.1) is 26.0 Å². The zero-order valence-electron chi connectivity index (χ0n) is 27.6. The van der Waals surface area contributed by atoms with E-state index in [1.807, 2.05) is 30.3 Å². The molecule has 0 unspecified atom stereocenters. The van der Waals surface area contributed by atoms with Crippen molar-refractivity contribution < 1.29 is 38.6 Å². The van der Waals surface area contributed by atoms with E-state index in [9.17, 15) is 24.3 Å². The number of aliphatic hydroxyl groups is 1. The van der Waals surface area contributed by atoms with Crippen LogP contribution in [0.5, 0.6) is 0 Å². The molecule has 5 N–H and O–H groups in total. The van der Waals surface area contributed by atoms with Crippen molar-refractivity contribution in [1.82, 2.24) is 31.0 Å². The quantitative estimate of drug-likeness (QED) is 0.204.